The molecule has 0 aromatic heterocycles. The van der Waals surface area contributed by atoms with E-state index in [1.54, 1.807) is 0 Å². The largest absolute Gasteiger partial charge is 0.342 e. The van der Waals surface area contributed by atoms with E-state index in [4.69, 9.17) is 0 Å². The molecule has 2 saturated carbocycles. The molecule has 0 heterocycles. The molecule has 2 aliphatic carbocycles. The van der Waals surface area contributed by atoms with Crippen LogP contribution >= 0.6 is 0 Å². The van der Waals surface area contributed by atoms with E-state index in [9.17, 15) is 4.79 Å². The Hall–Kier alpha value is -0.530. The molecule has 0 atom stereocenters. The molecule has 0 radical (unpaired) electrons. The standard InChI is InChI=1S/C10H17NO/c1-2-11(7-8-3-4-8)10(12)9-5-6-9/h8-9H,2-7H2,1H3. The van der Waals surface area contributed by atoms with Crippen molar-refractivity contribution in [2.45, 2.75) is 32.6 Å². The predicted octanol–water partition coefficient (Wildman–Crippen LogP) is 1.65. The van der Waals surface area contributed by atoms with E-state index in [2.05, 4.69) is 11.8 Å². The first-order valence-electron chi connectivity index (χ1n) is 5.10. The molecule has 0 N–H and O–H groups in total. The average molecular weight is 167 g/mol. The molecule has 2 fully saturated rings. The predicted molar refractivity (Wildman–Crippen MR) is 47.7 cm³/mol. The summed E-state index contributed by atoms with van der Waals surface area (Å²) in [4.78, 5) is 13.7. The van der Waals surface area contributed by atoms with Gasteiger partial charge in [-0.3, -0.25) is 4.79 Å². The quantitative estimate of drug-likeness (QED) is 0.623. The third-order valence-electron chi connectivity index (χ3n) is 2.80. The monoisotopic (exact) mass is 167 g/mol. The van der Waals surface area contributed by atoms with E-state index in [1.807, 2.05) is 0 Å². The van der Waals surface area contributed by atoms with E-state index in [0.29, 0.717) is 11.8 Å². The Kier molecular flexibility index (Phi) is 2.07. The first-order valence-corrected chi connectivity index (χ1v) is 5.10. The zero-order chi connectivity index (χ0) is 8.55. The van der Waals surface area contributed by atoms with Crippen LogP contribution in [0.2, 0.25) is 0 Å². The van der Waals surface area contributed by atoms with E-state index in [-0.39, 0.29) is 0 Å². The van der Waals surface area contributed by atoms with Crippen molar-refractivity contribution in [1.29, 1.82) is 0 Å². The molecule has 2 aliphatic rings. The number of carbonyl (C=O) groups excluding carboxylic acids is 1. The minimum absolute atomic E-state index is 0.406. The fourth-order valence-electron chi connectivity index (χ4n) is 1.58. The van der Waals surface area contributed by atoms with Gasteiger partial charge in [0.15, 0.2) is 0 Å². The van der Waals surface area contributed by atoms with Gasteiger partial charge in [0, 0.05) is 19.0 Å². The summed E-state index contributed by atoms with van der Waals surface area (Å²) in [5.74, 6) is 1.67. The zero-order valence-electron chi connectivity index (χ0n) is 7.75. The molecule has 0 aliphatic heterocycles. The highest BCUT2D eigenvalue weighted by molar-refractivity contribution is 5.81. The lowest BCUT2D eigenvalue weighted by Gasteiger charge is -2.20. The second kappa shape index (κ2) is 3.08. The van der Waals surface area contributed by atoms with Gasteiger partial charge in [-0.25, -0.2) is 0 Å². The Balaban J connectivity index is 1.82. The second-order valence-electron chi connectivity index (χ2n) is 4.09. The Morgan fingerprint density at radius 3 is 2.42 bits per heavy atom. The maximum atomic E-state index is 11.6. The molecular formula is C10H17NO. The molecule has 0 aromatic carbocycles. The molecule has 0 bridgehead atoms. The number of nitrogens with zero attached hydrogens (tertiary/aromatic N) is 1. The van der Waals surface area contributed by atoms with Crippen LogP contribution in [0.5, 0.6) is 0 Å². The van der Waals surface area contributed by atoms with E-state index in [0.717, 1.165) is 31.8 Å². The van der Waals surface area contributed by atoms with Gasteiger partial charge >= 0.3 is 0 Å². The summed E-state index contributed by atoms with van der Waals surface area (Å²) in [6, 6.07) is 0. The van der Waals surface area contributed by atoms with Crippen LogP contribution in [0.1, 0.15) is 32.6 Å². The van der Waals surface area contributed by atoms with Crippen LogP contribution in [0, 0.1) is 11.8 Å². The summed E-state index contributed by atoms with van der Waals surface area (Å²) < 4.78 is 0. The number of hydrogen-bond acceptors (Lipinski definition) is 1. The summed E-state index contributed by atoms with van der Waals surface area (Å²) in [5.41, 5.74) is 0. The molecule has 2 rings (SSSR count). The number of rotatable bonds is 4. The Morgan fingerprint density at radius 1 is 1.33 bits per heavy atom. The van der Waals surface area contributed by atoms with E-state index < -0.39 is 0 Å². The molecule has 0 saturated heterocycles. The SMILES string of the molecule is CCN(CC1CC1)C(=O)C1CC1. The maximum Gasteiger partial charge on any atom is 0.225 e. The van der Waals surface area contributed by atoms with Gasteiger partial charge in [-0.15, -0.1) is 0 Å². The van der Waals surface area contributed by atoms with Gasteiger partial charge in [0.2, 0.25) is 5.91 Å². The van der Waals surface area contributed by atoms with Crippen LogP contribution in [0.15, 0.2) is 0 Å². The second-order valence-corrected chi connectivity index (χ2v) is 4.09. The van der Waals surface area contributed by atoms with Crippen LogP contribution < -0.4 is 0 Å². The topological polar surface area (TPSA) is 20.3 Å². The minimum Gasteiger partial charge on any atom is -0.342 e. The molecule has 1 amide bonds. The van der Waals surface area contributed by atoms with Gasteiger partial charge in [-0.2, -0.15) is 0 Å². The van der Waals surface area contributed by atoms with Crippen molar-refractivity contribution in [2.24, 2.45) is 11.8 Å². The summed E-state index contributed by atoms with van der Waals surface area (Å²) in [7, 11) is 0. The molecular weight excluding hydrogens is 150 g/mol. The molecule has 2 heteroatoms. The van der Waals surface area contributed by atoms with Crippen LogP contribution in [0.25, 0.3) is 0 Å². The average Bonchev–Trinajstić information content (AvgIpc) is 2.89. The van der Waals surface area contributed by atoms with Crippen molar-refractivity contribution in [1.82, 2.24) is 4.90 Å². The molecule has 68 valence electrons. The van der Waals surface area contributed by atoms with Crippen LogP contribution in [0.4, 0.5) is 0 Å². The lowest BCUT2D eigenvalue weighted by atomic mass is 10.3. The van der Waals surface area contributed by atoms with Crippen molar-refractivity contribution >= 4 is 5.91 Å². The molecule has 12 heavy (non-hydrogen) atoms. The van der Waals surface area contributed by atoms with Gasteiger partial charge in [0.1, 0.15) is 0 Å². The van der Waals surface area contributed by atoms with Crippen LogP contribution in [0.3, 0.4) is 0 Å². The highest BCUT2D eigenvalue weighted by Crippen LogP contribution is 2.34. The van der Waals surface area contributed by atoms with E-state index in [1.165, 1.54) is 12.8 Å². The number of carbonyl (C=O) groups is 1. The lowest BCUT2D eigenvalue weighted by Crippen LogP contribution is -2.33. The molecule has 0 unspecified atom stereocenters. The molecule has 2 nitrogen and oxygen atoms in total. The first-order chi connectivity index (χ1) is 5.81. The summed E-state index contributed by atoms with van der Waals surface area (Å²) in [5, 5.41) is 0. The van der Waals surface area contributed by atoms with Crippen LogP contribution in [-0.4, -0.2) is 23.9 Å². The van der Waals surface area contributed by atoms with Crippen molar-refractivity contribution in [2.75, 3.05) is 13.1 Å². The minimum atomic E-state index is 0.406. The zero-order valence-corrected chi connectivity index (χ0v) is 7.75. The highest BCUT2D eigenvalue weighted by Gasteiger charge is 2.35. The van der Waals surface area contributed by atoms with Crippen molar-refractivity contribution < 1.29 is 4.79 Å². The summed E-state index contributed by atoms with van der Waals surface area (Å²) >= 11 is 0. The number of amides is 1. The fourth-order valence-corrected chi connectivity index (χ4v) is 1.58. The van der Waals surface area contributed by atoms with Gasteiger partial charge in [-0.1, -0.05) is 0 Å². The van der Waals surface area contributed by atoms with Crippen molar-refractivity contribution in [3.05, 3.63) is 0 Å². The fraction of sp³-hybridized carbons (Fsp3) is 0.900. The van der Waals surface area contributed by atoms with Gasteiger partial charge in [0.05, 0.1) is 0 Å². The molecule has 0 spiro atoms. The third kappa shape index (κ3) is 1.79. The van der Waals surface area contributed by atoms with Gasteiger partial charge < -0.3 is 4.90 Å². The van der Waals surface area contributed by atoms with E-state index >= 15 is 0 Å². The smallest absolute Gasteiger partial charge is 0.225 e. The van der Waals surface area contributed by atoms with Crippen molar-refractivity contribution in [3.8, 4) is 0 Å². The maximum absolute atomic E-state index is 11.6. The highest BCUT2D eigenvalue weighted by atomic mass is 16.2. The first kappa shape index (κ1) is 8.09. The molecule has 0 aromatic rings. The van der Waals surface area contributed by atoms with Gasteiger partial charge in [-0.05, 0) is 38.5 Å². The normalized spacial score (nSPS) is 22.4. The summed E-state index contributed by atoms with van der Waals surface area (Å²) in [6.45, 7) is 4.03. The lowest BCUT2D eigenvalue weighted by molar-refractivity contribution is -0.132. The van der Waals surface area contributed by atoms with Crippen LogP contribution in [-0.2, 0) is 4.79 Å². The summed E-state index contributed by atoms with van der Waals surface area (Å²) in [6.07, 6.45) is 4.96. The number of hydrogen-bond donors (Lipinski definition) is 0. The Morgan fingerprint density at radius 2 is 2.00 bits per heavy atom. The van der Waals surface area contributed by atoms with Gasteiger partial charge in [0.25, 0.3) is 0 Å². The Bertz CT molecular complexity index is 182. The van der Waals surface area contributed by atoms with Crippen molar-refractivity contribution in [3.63, 3.8) is 0 Å². The third-order valence-corrected chi connectivity index (χ3v) is 2.80. The Labute approximate surface area is 73.9 Å².